The average Bonchev–Trinajstić information content (AvgIpc) is 3.14. The van der Waals surface area contributed by atoms with Gasteiger partial charge in [0.05, 0.1) is 42.1 Å². The molecule has 0 saturated carbocycles. The van der Waals surface area contributed by atoms with Gasteiger partial charge in [-0.05, 0) is 56.2 Å². The van der Waals surface area contributed by atoms with Gasteiger partial charge in [0.2, 0.25) is 0 Å². The van der Waals surface area contributed by atoms with E-state index in [1.54, 1.807) is 17.6 Å². The molecule has 3 aromatic rings. The summed E-state index contributed by atoms with van der Waals surface area (Å²) in [5.41, 5.74) is 5.51. The van der Waals surface area contributed by atoms with Gasteiger partial charge >= 0.3 is 0 Å². The summed E-state index contributed by atoms with van der Waals surface area (Å²) in [6, 6.07) is 13.6. The molecule has 0 radical (unpaired) electrons. The lowest BCUT2D eigenvalue weighted by molar-refractivity contribution is 0.309. The second kappa shape index (κ2) is 15.1. The highest BCUT2D eigenvalue weighted by molar-refractivity contribution is 7.86. The van der Waals surface area contributed by atoms with Gasteiger partial charge in [-0.2, -0.15) is 16.8 Å². The minimum Gasteiger partial charge on any atom is -0.367 e. The van der Waals surface area contributed by atoms with Crippen molar-refractivity contribution >= 4 is 74.0 Å². The van der Waals surface area contributed by atoms with Crippen molar-refractivity contribution in [1.29, 1.82) is 0 Å². The van der Waals surface area contributed by atoms with E-state index < -0.39 is 20.2 Å². The first-order valence-corrected chi connectivity index (χ1v) is 15.9. The molecule has 3 rings (SSSR count). The fraction of sp³-hybridized carbons (Fsp3) is 0.360. The Labute approximate surface area is 247 Å². The number of nitrogens with zero attached hydrogens (tertiary/aromatic N) is 3. The van der Waals surface area contributed by atoms with E-state index in [0.29, 0.717) is 0 Å². The SMILES string of the molecule is Cc1nc(-c2ccc(N=Cc3ccc(N(CCOS(C)(=O)=O)CCOS(C)(=O)=O)cc3C)cc2)c(C)s1.Cl.Cl. The molecule has 0 amide bonds. The minimum absolute atomic E-state index is 0. The molecule has 0 saturated heterocycles. The second-order valence-corrected chi connectivity index (χ2v) is 13.2. The van der Waals surface area contributed by atoms with Crippen LogP contribution in [-0.4, -0.2) is 66.8 Å². The summed E-state index contributed by atoms with van der Waals surface area (Å²) in [7, 11) is -7.18. The largest absolute Gasteiger partial charge is 0.367 e. The molecule has 0 bridgehead atoms. The number of aromatic nitrogens is 1. The van der Waals surface area contributed by atoms with Crippen LogP contribution in [0.4, 0.5) is 11.4 Å². The predicted octanol–water partition coefficient (Wildman–Crippen LogP) is 5.09. The highest BCUT2D eigenvalue weighted by Crippen LogP contribution is 2.28. The number of hydrogen-bond acceptors (Lipinski definition) is 10. The number of rotatable bonds is 12. The van der Waals surface area contributed by atoms with Crippen LogP contribution in [0.15, 0.2) is 47.5 Å². The van der Waals surface area contributed by atoms with Crippen molar-refractivity contribution in [3.63, 3.8) is 0 Å². The Balaban J connectivity index is 0.00000380. The van der Waals surface area contributed by atoms with Gasteiger partial charge in [-0.25, -0.2) is 4.98 Å². The standard InChI is InChI=1S/C25H31N3O6S3.2ClH/c1-18-16-24(28(12-14-33-36(4,29)30)13-15-34-37(5,31)32)11-8-22(18)17-26-23-9-6-21(7-10-23)25-19(2)35-20(3)27-25;;/h6-11,16-17H,12-15H2,1-5H3;2*1H. The highest BCUT2D eigenvalue weighted by atomic mass is 35.5. The summed E-state index contributed by atoms with van der Waals surface area (Å²) in [4.78, 5) is 12.2. The Bertz CT molecular complexity index is 1440. The number of aliphatic imine (C=N–C) groups is 1. The van der Waals surface area contributed by atoms with Gasteiger partial charge in [0.25, 0.3) is 20.2 Å². The Hall–Kier alpha value is -2.06. The molecular formula is C25H33Cl2N3O6S3. The fourth-order valence-corrected chi connectivity index (χ4v) is 5.21. The Kier molecular flexibility index (Phi) is 13.5. The zero-order chi connectivity index (χ0) is 27.2. The molecular weight excluding hydrogens is 605 g/mol. The van der Waals surface area contributed by atoms with E-state index in [-0.39, 0.29) is 51.1 Å². The molecule has 0 atom stereocenters. The van der Waals surface area contributed by atoms with Crippen LogP contribution in [0, 0.1) is 20.8 Å². The van der Waals surface area contributed by atoms with Crippen LogP contribution in [0.25, 0.3) is 11.3 Å². The molecule has 0 unspecified atom stereocenters. The van der Waals surface area contributed by atoms with E-state index in [2.05, 4.69) is 16.9 Å². The topological polar surface area (TPSA) is 115 Å². The number of thiazole rings is 1. The molecule has 2 aromatic carbocycles. The van der Waals surface area contributed by atoms with Gasteiger partial charge in [0.1, 0.15) is 0 Å². The molecule has 0 aliphatic rings. The van der Waals surface area contributed by atoms with Crippen molar-refractivity contribution in [3.8, 4) is 11.3 Å². The Morgan fingerprint density at radius 1 is 0.897 bits per heavy atom. The smallest absolute Gasteiger partial charge is 0.264 e. The Morgan fingerprint density at radius 3 is 1.92 bits per heavy atom. The average molecular weight is 639 g/mol. The van der Waals surface area contributed by atoms with Crippen molar-refractivity contribution in [2.45, 2.75) is 20.8 Å². The maximum Gasteiger partial charge on any atom is 0.264 e. The van der Waals surface area contributed by atoms with Crippen molar-refractivity contribution in [1.82, 2.24) is 4.98 Å². The van der Waals surface area contributed by atoms with E-state index in [0.717, 1.165) is 51.3 Å². The van der Waals surface area contributed by atoms with Crippen LogP contribution in [0.3, 0.4) is 0 Å². The molecule has 0 aliphatic carbocycles. The first-order valence-electron chi connectivity index (χ1n) is 11.4. The van der Waals surface area contributed by atoms with E-state index >= 15 is 0 Å². The van der Waals surface area contributed by atoms with Gasteiger partial charge in [0, 0.05) is 35.4 Å². The van der Waals surface area contributed by atoms with Crippen LogP contribution in [0.1, 0.15) is 21.0 Å². The third-order valence-corrected chi connectivity index (χ3v) is 7.41. The maximum atomic E-state index is 11.3. The molecule has 39 heavy (non-hydrogen) atoms. The van der Waals surface area contributed by atoms with Crippen molar-refractivity contribution < 1.29 is 25.2 Å². The van der Waals surface area contributed by atoms with Gasteiger partial charge in [-0.1, -0.05) is 18.2 Å². The van der Waals surface area contributed by atoms with Gasteiger partial charge in [-0.3, -0.25) is 13.4 Å². The number of aryl methyl sites for hydroxylation is 3. The minimum atomic E-state index is -3.59. The van der Waals surface area contributed by atoms with Crippen LogP contribution >= 0.6 is 36.2 Å². The molecule has 1 heterocycles. The first-order chi connectivity index (χ1) is 17.3. The normalized spacial score (nSPS) is 11.7. The van der Waals surface area contributed by atoms with E-state index in [9.17, 15) is 16.8 Å². The van der Waals surface area contributed by atoms with Crippen LogP contribution < -0.4 is 4.90 Å². The van der Waals surface area contributed by atoms with Gasteiger partial charge < -0.3 is 4.90 Å². The maximum absolute atomic E-state index is 11.3. The van der Waals surface area contributed by atoms with Gasteiger partial charge in [-0.15, -0.1) is 36.2 Å². The first kappa shape index (κ1) is 35.0. The number of halogens is 2. The van der Waals surface area contributed by atoms with E-state index in [1.165, 1.54) is 4.88 Å². The molecule has 216 valence electrons. The highest BCUT2D eigenvalue weighted by Gasteiger charge is 2.12. The molecule has 0 fully saturated rings. The van der Waals surface area contributed by atoms with Crippen LogP contribution in [0.2, 0.25) is 0 Å². The van der Waals surface area contributed by atoms with Crippen molar-refractivity contribution in [2.24, 2.45) is 4.99 Å². The lowest BCUT2D eigenvalue weighted by atomic mass is 10.1. The van der Waals surface area contributed by atoms with E-state index in [4.69, 9.17) is 8.37 Å². The summed E-state index contributed by atoms with van der Waals surface area (Å²) < 4.78 is 55.0. The third-order valence-electron chi connectivity index (χ3n) is 5.33. The summed E-state index contributed by atoms with van der Waals surface area (Å²) in [6.45, 7) is 6.33. The number of benzene rings is 2. The van der Waals surface area contributed by atoms with Crippen molar-refractivity contribution in [2.75, 3.05) is 43.7 Å². The summed E-state index contributed by atoms with van der Waals surface area (Å²) >= 11 is 1.68. The lowest BCUT2D eigenvalue weighted by Crippen LogP contribution is -2.32. The van der Waals surface area contributed by atoms with Gasteiger partial charge in [0.15, 0.2) is 0 Å². The fourth-order valence-electron chi connectivity index (χ4n) is 3.62. The summed E-state index contributed by atoms with van der Waals surface area (Å²) in [5.74, 6) is 0. The quantitative estimate of drug-likeness (QED) is 0.199. The molecule has 0 N–H and O–H groups in total. The van der Waals surface area contributed by atoms with Crippen LogP contribution in [0.5, 0.6) is 0 Å². The zero-order valence-electron chi connectivity index (χ0n) is 22.3. The number of hydrogen-bond donors (Lipinski definition) is 0. The molecule has 9 nitrogen and oxygen atoms in total. The number of anilines is 1. The Morgan fingerprint density at radius 2 is 1.46 bits per heavy atom. The van der Waals surface area contributed by atoms with Crippen LogP contribution in [-0.2, 0) is 28.6 Å². The molecule has 0 spiro atoms. The summed E-state index contributed by atoms with van der Waals surface area (Å²) in [6.07, 6.45) is 3.75. The molecule has 14 heteroatoms. The monoisotopic (exact) mass is 637 g/mol. The lowest BCUT2D eigenvalue weighted by Gasteiger charge is -2.25. The second-order valence-electron chi connectivity index (χ2n) is 8.52. The molecule has 1 aromatic heterocycles. The zero-order valence-corrected chi connectivity index (χ0v) is 26.4. The third kappa shape index (κ3) is 11.5. The van der Waals surface area contributed by atoms with Crippen molar-refractivity contribution in [3.05, 3.63) is 63.5 Å². The summed E-state index contributed by atoms with van der Waals surface area (Å²) in [5, 5.41) is 1.04. The molecule has 0 aliphatic heterocycles. The van der Waals surface area contributed by atoms with E-state index in [1.807, 2.05) is 61.2 Å². The predicted molar refractivity (Wildman–Crippen MR) is 164 cm³/mol.